The lowest BCUT2D eigenvalue weighted by molar-refractivity contribution is 1.34. The number of nitriles is 3. The molecule has 0 aliphatic carbocycles. The van der Waals surface area contributed by atoms with Gasteiger partial charge in [0, 0.05) is 5.39 Å². The molecule has 82 valence electrons. The fourth-order valence-electron chi connectivity index (χ4n) is 1.58. The Hall–Kier alpha value is -3.16. The Balaban J connectivity index is 2.70. The summed E-state index contributed by atoms with van der Waals surface area (Å²) in [5, 5.41) is 27.6. The zero-order chi connectivity index (χ0) is 13.0. The van der Waals surface area contributed by atoms with Gasteiger partial charge in [-0.15, -0.1) is 0 Å². The first kappa shape index (κ1) is 11.3. The molecular weight excluding hydrogens is 224 g/mol. The molecule has 0 N–H and O–H groups in total. The number of hydrogen-bond donors (Lipinski definition) is 0. The van der Waals surface area contributed by atoms with E-state index in [0.717, 1.165) is 10.9 Å². The number of fused-ring (bicyclic) bond motifs is 1. The molecule has 0 saturated carbocycles. The molecule has 18 heavy (non-hydrogen) atoms. The van der Waals surface area contributed by atoms with Crippen molar-refractivity contribution in [3.8, 4) is 18.2 Å². The summed E-state index contributed by atoms with van der Waals surface area (Å²) in [6.07, 6.45) is 0. The van der Waals surface area contributed by atoms with Gasteiger partial charge in [0.1, 0.15) is 29.4 Å². The van der Waals surface area contributed by atoms with Crippen molar-refractivity contribution in [1.29, 1.82) is 15.8 Å². The maximum Gasteiger partial charge on any atom is 0.149 e. The number of hydrogen-bond acceptors (Lipinski definition) is 4. The molecule has 0 aliphatic rings. The average molecular weight is 230 g/mol. The molecular formula is C14H6N4. The van der Waals surface area contributed by atoms with Gasteiger partial charge >= 0.3 is 0 Å². The van der Waals surface area contributed by atoms with Crippen LogP contribution in [0.5, 0.6) is 0 Å². The van der Waals surface area contributed by atoms with E-state index in [9.17, 15) is 0 Å². The van der Waals surface area contributed by atoms with Crippen molar-refractivity contribution in [2.75, 3.05) is 0 Å². The first-order valence-corrected chi connectivity index (χ1v) is 5.11. The van der Waals surface area contributed by atoms with Crippen LogP contribution in [0.2, 0.25) is 0 Å². The lowest BCUT2D eigenvalue weighted by atomic mass is 10.1. The number of para-hydroxylation sites is 1. The van der Waals surface area contributed by atoms with Crippen LogP contribution in [0.3, 0.4) is 0 Å². The van der Waals surface area contributed by atoms with E-state index in [1.165, 1.54) is 0 Å². The minimum atomic E-state index is -0.222. The Morgan fingerprint density at radius 3 is 2.28 bits per heavy atom. The van der Waals surface area contributed by atoms with Crippen LogP contribution >= 0.6 is 0 Å². The molecule has 0 spiro atoms. The van der Waals surface area contributed by atoms with Gasteiger partial charge in [0.25, 0.3) is 0 Å². The van der Waals surface area contributed by atoms with E-state index < -0.39 is 0 Å². The Morgan fingerprint density at radius 1 is 0.889 bits per heavy atom. The SMILES string of the molecule is N#CC(C#N)=C(C#N)c1ccc2ccccc2n1. The molecule has 1 aromatic carbocycles. The van der Waals surface area contributed by atoms with Gasteiger partial charge in [0.15, 0.2) is 0 Å². The van der Waals surface area contributed by atoms with Crippen LogP contribution in [0.15, 0.2) is 42.0 Å². The average Bonchev–Trinajstić information content (AvgIpc) is 2.44. The number of pyridine rings is 1. The summed E-state index contributed by atoms with van der Waals surface area (Å²) in [5.74, 6) is 0. The van der Waals surface area contributed by atoms with Crippen LogP contribution in [0.25, 0.3) is 16.5 Å². The van der Waals surface area contributed by atoms with Crippen molar-refractivity contribution in [1.82, 2.24) is 4.98 Å². The molecule has 4 heteroatoms. The monoisotopic (exact) mass is 230 g/mol. The zero-order valence-corrected chi connectivity index (χ0v) is 9.25. The van der Waals surface area contributed by atoms with Gasteiger partial charge in [-0.1, -0.05) is 24.3 Å². The summed E-state index contributed by atoms with van der Waals surface area (Å²) in [5.41, 5.74) is 0.846. The van der Waals surface area contributed by atoms with Gasteiger partial charge in [-0.05, 0) is 12.1 Å². The zero-order valence-electron chi connectivity index (χ0n) is 9.25. The number of benzene rings is 1. The molecule has 0 atom stereocenters. The van der Waals surface area contributed by atoms with Crippen LogP contribution < -0.4 is 0 Å². The highest BCUT2D eigenvalue weighted by Gasteiger charge is 2.10. The third-order valence-electron chi connectivity index (χ3n) is 2.44. The molecule has 1 heterocycles. The van der Waals surface area contributed by atoms with Gasteiger partial charge in [0.2, 0.25) is 0 Å². The normalized spacial score (nSPS) is 8.94. The lowest BCUT2D eigenvalue weighted by Crippen LogP contribution is -1.91. The number of rotatable bonds is 1. The number of allylic oxidation sites excluding steroid dienone is 2. The molecule has 0 amide bonds. The standard InChI is InChI=1S/C14H6N4/c15-7-11(8-16)12(9-17)14-6-5-10-3-1-2-4-13(10)18-14/h1-6H. The third-order valence-corrected chi connectivity index (χ3v) is 2.44. The lowest BCUT2D eigenvalue weighted by Gasteiger charge is -2.01. The second-order valence-corrected chi connectivity index (χ2v) is 3.47. The molecule has 0 radical (unpaired) electrons. The van der Waals surface area contributed by atoms with Crippen LogP contribution in [0.4, 0.5) is 0 Å². The van der Waals surface area contributed by atoms with Gasteiger partial charge in [-0.25, -0.2) is 4.98 Å². The van der Waals surface area contributed by atoms with E-state index in [4.69, 9.17) is 15.8 Å². The molecule has 4 nitrogen and oxygen atoms in total. The Bertz CT molecular complexity index is 751. The van der Waals surface area contributed by atoms with Crippen LogP contribution in [0.1, 0.15) is 5.69 Å². The fourth-order valence-corrected chi connectivity index (χ4v) is 1.58. The summed E-state index contributed by atoms with van der Waals surface area (Å²) < 4.78 is 0. The van der Waals surface area contributed by atoms with Crippen LogP contribution in [-0.4, -0.2) is 4.98 Å². The first-order chi connectivity index (χ1) is 8.80. The Labute approximate surface area is 104 Å². The third kappa shape index (κ3) is 1.89. The maximum absolute atomic E-state index is 9.03. The van der Waals surface area contributed by atoms with Crippen molar-refractivity contribution in [2.24, 2.45) is 0 Å². The van der Waals surface area contributed by atoms with Crippen LogP contribution in [0, 0.1) is 34.0 Å². The predicted octanol–water partition coefficient (Wildman–Crippen LogP) is 2.56. The van der Waals surface area contributed by atoms with Crippen molar-refractivity contribution >= 4 is 16.5 Å². The summed E-state index contributed by atoms with van der Waals surface area (Å²) in [6, 6.07) is 16.1. The molecule has 0 saturated heterocycles. The highest BCUT2D eigenvalue weighted by atomic mass is 14.7. The van der Waals surface area contributed by atoms with Gasteiger partial charge in [-0.2, -0.15) is 15.8 Å². The quantitative estimate of drug-likeness (QED) is 0.704. The summed E-state index contributed by atoms with van der Waals surface area (Å²) in [4.78, 5) is 4.28. The topological polar surface area (TPSA) is 84.3 Å². The smallest absolute Gasteiger partial charge is 0.149 e. The molecule has 0 bridgehead atoms. The maximum atomic E-state index is 9.03. The molecule has 1 aromatic heterocycles. The van der Waals surface area contributed by atoms with E-state index in [1.54, 1.807) is 24.3 Å². The Morgan fingerprint density at radius 2 is 1.61 bits per heavy atom. The highest BCUT2D eigenvalue weighted by molar-refractivity contribution is 5.86. The molecule has 0 unspecified atom stereocenters. The largest absolute Gasteiger partial charge is 0.247 e. The fraction of sp³-hybridized carbons (Fsp3) is 0. The Kier molecular flexibility index (Phi) is 3.01. The minimum absolute atomic E-state index is 0.00533. The minimum Gasteiger partial charge on any atom is -0.247 e. The number of nitrogens with zero attached hydrogens (tertiary/aromatic N) is 4. The van der Waals surface area contributed by atoms with Crippen molar-refractivity contribution in [3.63, 3.8) is 0 Å². The van der Waals surface area contributed by atoms with Crippen LogP contribution in [-0.2, 0) is 0 Å². The van der Waals surface area contributed by atoms with E-state index in [-0.39, 0.29) is 11.1 Å². The van der Waals surface area contributed by atoms with E-state index >= 15 is 0 Å². The molecule has 2 aromatic rings. The van der Waals surface area contributed by atoms with Gasteiger partial charge < -0.3 is 0 Å². The summed E-state index contributed by atoms with van der Waals surface area (Å²) in [7, 11) is 0. The summed E-state index contributed by atoms with van der Waals surface area (Å²) >= 11 is 0. The van der Waals surface area contributed by atoms with E-state index in [0.29, 0.717) is 5.69 Å². The first-order valence-electron chi connectivity index (χ1n) is 5.11. The second kappa shape index (κ2) is 4.78. The predicted molar refractivity (Wildman–Crippen MR) is 65.5 cm³/mol. The van der Waals surface area contributed by atoms with E-state index in [1.807, 2.05) is 30.3 Å². The highest BCUT2D eigenvalue weighted by Crippen LogP contribution is 2.19. The van der Waals surface area contributed by atoms with E-state index in [2.05, 4.69) is 4.98 Å². The van der Waals surface area contributed by atoms with Gasteiger partial charge in [-0.3, -0.25) is 0 Å². The van der Waals surface area contributed by atoms with Gasteiger partial charge in [0.05, 0.1) is 11.2 Å². The summed E-state index contributed by atoms with van der Waals surface area (Å²) in [6.45, 7) is 0. The molecule has 0 aliphatic heterocycles. The second-order valence-electron chi connectivity index (χ2n) is 3.47. The van der Waals surface area contributed by atoms with Crippen molar-refractivity contribution in [3.05, 3.63) is 47.7 Å². The van der Waals surface area contributed by atoms with Crippen molar-refractivity contribution in [2.45, 2.75) is 0 Å². The molecule has 0 fully saturated rings. The molecule has 2 rings (SSSR count). The van der Waals surface area contributed by atoms with Crippen molar-refractivity contribution < 1.29 is 0 Å². The number of aromatic nitrogens is 1.